The lowest BCUT2D eigenvalue weighted by atomic mass is 9.96. The Morgan fingerprint density at radius 2 is 1.71 bits per heavy atom. The number of likely N-dealkylation sites (tertiary alicyclic amines) is 1. The average Bonchev–Trinajstić information content (AvgIpc) is 2.73. The fourth-order valence-corrected chi connectivity index (χ4v) is 3.72. The molecule has 0 unspecified atom stereocenters. The molecule has 0 spiro atoms. The van der Waals surface area contributed by atoms with Gasteiger partial charge in [0.25, 0.3) is 5.91 Å². The highest BCUT2D eigenvalue weighted by molar-refractivity contribution is 6.07. The highest BCUT2D eigenvalue weighted by Crippen LogP contribution is 2.27. The number of carboxylic acids is 1. The molecule has 3 aromatic rings. The van der Waals surface area contributed by atoms with E-state index < -0.39 is 5.97 Å². The second-order valence-corrected chi connectivity index (χ2v) is 7.34. The Balaban J connectivity index is 1.72. The summed E-state index contributed by atoms with van der Waals surface area (Å²) in [6, 6.07) is 17.6. The topological polar surface area (TPSA) is 70.5 Å². The van der Waals surface area contributed by atoms with Crippen LogP contribution in [-0.2, 0) is 4.79 Å². The molecule has 5 nitrogen and oxygen atoms in total. The largest absolute Gasteiger partial charge is 0.481 e. The molecule has 0 atom stereocenters. The van der Waals surface area contributed by atoms with Crippen LogP contribution in [0.15, 0.2) is 54.6 Å². The molecule has 0 aliphatic carbocycles. The lowest BCUT2D eigenvalue weighted by Crippen LogP contribution is -2.40. The second kappa shape index (κ2) is 7.43. The first kappa shape index (κ1) is 18.2. The summed E-state index contributed by atoms with van der Waals surface area (Å²) < 4.78 is 0. The van der Waals surface area contributed by atoms with Crippen LogP contribution in [0.25, 0.3) is 22.2 Å². The maximum absolute atomic E-state index is 13.3. The summed E-state index contributed by atoms with van der Waals surface area (Å²) in [7, 11) is 0. The van der Waals surface area contributed by atoms with Gasteiger partial charge in [0.1, 0.15) is 0 Å². The van der Waals surface area contributed by atoms with Crippen molar-refractivity contribution in [2.75, 3.05) is 13.1 Å². The van der Waals surface area contributed by atoms with Crippen LogP contribution >= 0.6 is 0 Å². The number of amides is 1. The molecular weight excluding hydrogens is 352 g/mol. The summed E-state index contributed by atoms with van der Waals surface area (Å²) in [6.45, 7) is 2.96. The second-order valence-electron chi connectivity index (χ2n) is 7.34. The first-order valence-corrected chi connectivity index (χ1v) is 9.52. The lowest BCUT2D eigenvalue weighted by molar-refractivity contribution is -0.143. The lowest BCUT2D eigenvalue weighted by Gasteiger charge is -2.30. The van der Waals surface area contributed by atoms with E-state index >= 15 is 0 Å². The highest BCUT2D eigenvalue weighted by atomic mass is 16.4. The average molecular weight is 374 g/mol. The smallest absolute Gasteiger partial charge is 0.306 e. The van der Waals surface area contributed by atoms with Crippen LogP contribution in [0.5, 0.6) is 0 Å². The minimum absolute atomic E-state index is 0.0594. The van der Waals surface area contributed by atoms with Gasteiger partial charge in [0.05, 0.1) is 22.7 Å². The number of fused-ring (bicyclic) bond motifs is 1. The fraction of sp³-hybridized carbons (Fsp3) is 0.261. The van der Waals surface area contributed by atoms with Crippen LogP contribution in [0.4, 0.5) is 0 Å². The van der Waals surface area contributed by atoms with E-state index in [2.05, 4.69) is 0 Å². The van der Waals surface area contributed by atoms with Gasteiger partial charge in [-0.2, -0.15) is 0 Å². The number of aliphatic carboxylic acids is 1. The maximum atomic E-state index is 13.3. The third-order valence-electron chi connectivity index (χ3n) is 5.43. The van der Waals surface area contributed by atoms with E-state index in [9.17, 15) is 14.7 Å². The Hall–Kier alpha value is -3.21. The molecule has 1 amide bonds. The van der Waals surface area contributed by atoms with E-state index in [4.69, 9.17) is 4.98 Å². The zero-order valence-corrected chi connectivity index (χ0v) is 15.8. The van der Waals surface area contributed by atoms with Gasteiger partial charge in [0, 0.05) is 24.0 Å². The molecule has 1 saturated heterocycles. The van der Waals surface area contributed by atoms with Crippen molar-refractivity contribution >= 4 is 22.8 Å². The Bertz CT molecular complexity index is 1040. The fourth-order valence-electron chi connectivity index (χ4n) is 3.72. The summed E-state index contributed by atoms with van der Waals surface area (Å²) in [5, 5.41) is 10.0. The molecule has 4 rings (SSSR count). The van der Waals surface area contributed by atoms with Gasteiger partial charge in [-0.25, -0.2) is 4.98 Å². The van der Waals surface area contributed by atoms with Gasteiger partial charge >= 0.3 is 5.97 Å². The number of piperidine rings is 1. The third kappa shape index (κ3) is 3.48. The number of nitrogens with zero attached hydrogens (tertiary/aromatic N) is 2. The van der Waals surface area contributed by atoms with Crippen molar-refractivity contribution in [1.29, 1.82) is 0 Å². The molecule has 5 heteroatoms. The van der Waals surface area contributed by atoms with E-state index in [0.717, 1.165) is 22.2 Å². The Labute approximate surface area is 163 Å². The first-order chi connectivity index (χ1) is 13.5. The van der Waals surface area contributed by atoms with Crippen molar-refractivity contribution in [2.45, 2.75) is 19.8 Å². The Kier molecular flexibility index (Phi) is 4.82. The molecule has 1 aliphatic heterocycles. The van der Waals surface area contributed by atoms with Crippen molar-refractivity contribution in [2.24, 2.45) is 5.92 Å². The molecule has 2 aromatic carbocycles. The highest BCUT2D eigenvalue weighted by Gasteiger charge is 2.28. The van der Waals surface area contributed by atoms with E-state index in [0.29, 0.717) is 31.5 Å². The number of aryl methyl sites for hydroxylation is 1. The van der Waals surface area contributed by atoms with Gasteiger partial charge in [0.2, 0.25) is 0 Å². The van der Waals surface area contributed by atoms with Crippen molar-refractivity contribution < 1.29 is 14.7 Å². The van der Waals surface area contributed by atoms with Gasteiger partial charge in [0.15, 0.2) is 0 Å². The maximum Gasteiger partial charge on any atom is 0.306 e. The van der Waals surface area contributed by atoms with E-state index in [1.165, 1.54) is 5.56 Å². The Morgan fingerprint density at radius 1 is 1.04 bits per heavy atom. The zero-order valence-electron chi connectivity index (χ0n) is 15.8. The number of aromatic nitrogens is 1. The number of para-hydroxylation sites is 1. The number of benzene rings is 2. The third-order valence-corrected chi connectivity index (χ3v) is 5.43. The van der Waals surface area contributed by atoms with Crippen molar-refractivity contribution in [3.05, 3.63) is 65.7 Å². The number of carbonyl (C=O) groups excluding carboxylic acids is 1. The summed E-state index contributed by atoms with van der Waals surface area (Å²) >= 11 is 0. The monoisotopic (exact) mass is 374 g/mol. The molecule has 1 aliphatic rings. The van der Waals surface area contributed by atoms with Gasteiger partial charge in [-0.15, -0.1) is 0 Å². The van der Waals surface area contributed by atoms with E-state index in [-0.39, 0.29) is 11.8 Å². The number of pyridine rings is 1. The predicted molar refractivity (Wildman–Crippen MR) is 108 cm³/mol. The van der Waals surface area contributed by atoms with Crippen molar-refractivity contribution in [3.8, 4) is 11.3 Å². The normalized spacial score (nSPS) is 15.0. The molecule has 0 bridgehead atoms. The SMILES string of the molecule is Cc1ccc(-c2cc(C(=O)N3CCC(C(=O)O)CC3)c3ccccc3n2)cc1. The van der Waals surface area contributed by atoms with Gasteiger partial charge in [-0.1, -0.05) is 48.0 Å². The quantitative estimate of drug-likeness (QED) is 0.748. The molecular formula is C23H22N2O3. The molecule has 2 heterocycles. The first-order valence-electron chi connectivity index (χ1n) is 9.52. The van der Waals surface area contributed by atoms with Crippen molar-refractivity contribution in [3.63, 3.8) is 0 Å². The van der Waals surface area contributed by atoms with Crippen molar-refractivity contribution in [1.82, 2.24) is 9.88 Å². The standard InChI is InChI=1S/C23H22N2O3/c1-15-6-8-16(9-7-15)21-14-19(18-4-2-3-5-20(18)24-21)22(26)25-12-10-17(11-13-25)23(27)28/h2-9,14,17H,10-13H2,1H3,(H,27,28). The summed E-state index contributed by atoms with van der Waals surface area (Å²) in [5.74, 6) is -1.19. The van der Waals surface area contributed by atoms with Crippen LogP contribution in [0.3, 0.4) is 0 Å². The number of rotatable bonds is 3. The van der Waals surface area contributed by atoms with Crippen LogP contribution < -0.4 is 0 Å². The van der Waals surface area contributed by atoms with Crippen LogP contribution in [-0.4, -0.2) is 40.0 Å². The zero-order chi connectivity index (χ0) is 19.7. The van der Waals surface area contributed by atoms with Gasteiger partial charge in [-0.05, 0) is 31.9 Å². The summed E-state index contributed by atoms with van der Waals surface area (Å²) in [6.07, 6.45) is 0.990. The number of hydrogen-bond acceptors (Lipinski definition) is 3. The number of hydrogen-bond donors (Lipinski definition) is 1. The summed E-state index contributed by atoms with van der Waals surface area (Å²) in [5.41, 5.74) is 4.30. The molecule has 142 valence electrons. The number of carbonyl (C=O) groups is 2. The molecule has 0 radical (unpaired) electrons. The molecule has 28 heavy (non-hydrogen) atoms. The minimum Gasteiger partial charge on any atom is -0.481 e. The number of carboxylic acid groups (broad SMARTS) is 1. The predicted octanol–water partition coefficient (Wildman–Crippen LogP) is 4.15. The van der Waals surface area contributed by atoms with Crippen LogP contribution in [0.2, 0.25) is 0 Å². The molecule has 1 fully saturated rings. The van der Waals surface area contributed by atoms with E-state index in [1.54, 1.807) is 4.90 Å². The molecule has 1 N–H and O–H groups in total. The van der Waals surface area contributed by atoms with Gasteiger partial charge in [-0.3, -0.25) is 9.59 Å². The van der Waals surface area contributed by atoms with Gasteiger partial charge < -0.3 is 10.0 Å². The van der Waals surface area contributed by atoms with Crippen LogP contribution in [0, 0.1) is 12.8 Å². The van der Waals surface area contributed by atoms with E-state index in [1.807, 2.05) is 61.5 Å². The van der Waals surface area contributed by atoms with Crippen LogP contribution in [0.1, 0.15) is 28.8 Å². The Morgan fingerprint density at radius 3 is 2.39 bits per heavy atom. The molecule has 0 saturated carbocycles. The molecule has 1 aromatic heterocycles. The minimum atomic E-state index is -0.775. The summed E-state index contributed by atoms with van der Waals surface area (Å²) in [4.78, 5) is 31.0.